The topological polar surface area (TPSA) is 47.4 Å². The van der Waals surface area contributed by atoms with Crippen molar-refractivity contribution in [2.24, 2.45) is 0 Å². The Balaban J connectivity index is 1.45. The summed E-state index contributed by atoms with van der Waals surface area (Å²) < 4.78 is 8.24. The molecule has 1 aliphatic rings. The van der Waals surface area contributed by atoms with E-state index in [9.17, 15) is 4.79 Å². The molecule has 0 aliphatic carbocycles. The number of para-hydroxylation sites is 1. The quantitative estimate of drug-likeness (QED) is 0.507. The molecule has 0 fully saturated rings. The van der Waals surface area contributed by atoms with Crippen molar-refractivity contribution in [2.45, 2.75) is 12.6 Å². The SMILES string of the molecule is O=C(c1ccc(-n2ccnc2)cc1)N1Cc2ccccc2OC(c2ccccc2)C1. The van der Waals surface area contributed by atoms with E-state index in [0.29, 0.717) is 18.7 Å². The second kappa shape index (κ2) is 7.87. The molecule has 1 amide bonds. The van der Waals surface area contributed by atoms with Crippen LogP contribution >= 0.6 is 0 Å². The highest BCUT2D eigenvalue weighted by Gasteiger charge is 2.27. The number of amides is 1. The summed E-state index contributed by atoms with van der Waals surface area (Å²) in [5.74, 6) is 0.825. The van der Waals surface area contributed by atoms with E-state index >= 15 is 0 Å². The van der Waals surface area contributed by atoms with E-state index in [1.807, 2.05) is 94.5 Å². The van der Waals surface area contributed by atoms with Gasteiger partial charge in [-0.3, -0.25) is 4.79 Å². The van der Waals surface area contributed by atoms with Gasteiger partial charge in [0.2, 0.25) is 0 Å². The molecule has 1 atom stereocenters. The molecule has 1 aromatic heterocycles. The predicted octanol–water partition coefficient (Wildman–Crippen LogP) is 4.65. The molecule has 4 aromatic rings. The molecule has 148 valence electrons. The van der Waals surface area contributed by atoms with E-state index in [1.165, 1.54) is 0 Å². The van der Waals surface area contributed by atoms with Gasteiger partial charge in [0, 0.05) is 35.8 Å². The monoisotopic (exact) mass is 395 g/mol. The first-order valence-electron chi connectivity index (χ1n) is 9.95. The summed E-state index contributed by atoms with van der Waals surface area (Å²) in [4.78, 5) is 19.3. The molecule has 30 heavy (non-hydrogen) atoms. The van der Waals surface area contributed by atoms with Gasteiger partial charge in [0.25, 0.3) is 5.91 Å². The first-order chi connectivity index (χ1) is 14.8. The second-order valence-electron chi connectivity index (χ2n) is 7.33. The van der Waals surface area contributed by atoms with Crippen molar-refractivity contribution >= 4 is 5.91 Å². The fourth-order valence-electron chi connectivity index (χ4n) is 3.78. The van der Waals surface area contributed by atoms with Crippen molar-refractivity contribution in [1.82, 2.24) is 14.5 Å². The van der Waals surface area contributed by atoms with Gasteiger partial charge in [0.05, 0.1) is 12.9 Å². The lowest BCUT2D eigenvalue weighted by atomic mass is 10.1. The van der Waals surface area contributed by atoms with Crippen LogP contribution in [-0.2, 0) is 6.54 Å². The van der Waals surface area contributed by atoms with E-state index in [1.54, 1.807) is 12.5 Å². The summed E-state index contributed by atoms with van der Waals surface area (Å²) >= 11 is 0. The van der Waals surface area contributed by atoms with Gasteiger partial charge in [0.1, 0.15) is 11.9 Å². The van der Waals surface area contributed by atoms with Gasteiger partial charge in [0.15, 0.2) is 0 Å². The highest BCUT2D eigenvalue weighted by atomic mass is 16.5. The maximum Gasteiger partial charge on any atom is 0.254 e. The summed E-state index contributed by atoms with van der Waals surface area (Å²) in [7, 11) is 0. The van der Waals surface area contributed by atoms with E-state index < -0.39 is 0 Å². The Kier molecular flexibility index (Phi) is 4.77. The summed E-state index contributed by atoms with van der Waals surface area (Å²) in [6, 6.07) is 25.6. The van der Waals surface area contributed by atoms with E-state index in [-0.39, 0.29) is 12.0 Å². The van der Waals surface area contributed by atoms with Gasteiger partial charge in [-0.1, -0.05) is 48.5 Å². The number of hydrogen-bond acceptors (Lipinski definition) is 3. The van der Waals surface area contributed by atoms with Crippen molar-refractivity contribution in [3.05, 3.63) is 114 Å². The van der Waals surface area contributed by atoms with Crippen molar-refractivity contribution in [1.29, 1.82) is 0 Å². The Hall–Kier alpha value is -3.86. The molecule has 0 bridgehead atoms. The van der Waals surface area contributed by atoms with Crippen molar-refractivity contribution < 1.29 is 9.53 Å². The molecular weight excluding hydrogens is 374 g/mol. The number of aromatic nitrogens is 2. The molecule has 5 heteroatoms. The Labute approximate surface area is 175 Å². The third-order valence-electron chi connectivity index (χ3n) is 5.36. The lowest BCUT2D eigenvalue weighted by Crippen LogP contribution is -2.34. The highest BCUT2D eigenvalue weighted by molar-refractivity contribution is 5.94. The van der Waals surface area contributed by atoms with Crippen molar-refractivity contribution in [2.75, 3.05) is 6.54 Å². The molecule has 0 N–H and O–H groups in total. The molecule has 0 saturated carbocycles. The van der Waals surface area contributed by atoms with E-state index in [0.717, 1.165) is 22.6 Å². The zero-order valence-corrected chi connectivity index (χ0v) is 16.4. The van der Waals surface area contributed by atoms with Gasteiger partial charge >= 0.3 is 0 Å². The number of benzene rings is 3. The summed E-state index contributed by atoms with van der Waals surface area (Å²) in [5, 5.41) is 0. The largest absolute Gasteiger partial charge is 0.484 e. The fraction of sp³-hybridized carbons (Fsp3) is 0.120. The number of ether oxygens (including phenoxy) is 1. The average molecular weight is 395 g/mol. The van der Waals surface area contributed by atoms with Gasteiger partial charge in [-0.25, -0.2) is 4.98 Å². The van der Waals surface area contributed by atoms with Gasteiger partial charge < -0.3 is 14.2 Å². The second-order valence-corrected chi connectivity index (χ2v) is 7.33. The van der Waals surface area contributed by atoms with Crippen LogP contribution in [-0.4, -0.2) is 26.9 Å². The maximum absolute atomic E-state index is 13.4. The number of nitrogens with zero attached hydrogens (tertiary/aromatic N) is 3. The minimum Gasteiger partial charge on any atom is -0.484 e. The van der Waals surface area contributed by atoms with Gasteiger partial charge in [-0.05, 0) is 35.9 Å². The number of carbonyl (C=O) groups is 1. The molecule has 1 aliphatic heterocycles. The Bertz CT molecular complexity index is 1140. The van der Waals surface area contributed by atoms with Gasteiger partial charge in [-0.2, -0.15) is 0 Å². The standard InChI is InChI=1S/C25H21N3O2/c29-25(20-10-12-22(13-11-20)27-15-14-26-18-27)28-16-21-8-4-5-9-23(21)30-24(17-28)19-6-2-1-3-7-19/h1-15,18,24H,16-17H2. The first-order valence-corrected chi connectivity index (χ1v) is 9.95. The van der Waals surface area contributed by atoms with Crippen LogP contribution in [0.25, 0.3) is 5.69 Å². The lowest BCUT2D eigenvalue weighted by Gasteiger charge is -2.24. The van der Waals surface area contributed by atoms with Crippen LogP contribution in [0.4, 0.5) is 0 Å². The van der Waals surface area contributed by atoms with Crippen LogP contribution in [0.3, 0.4) is 0 Å². The van der Waals surface area contributed by atoms with Crippen LogP contribution in [0.15, 0.2) is 97.6 Å². The summed E-state index contributed by atoms with van der Waals surface area (Å²) in [6.07, 6.45) is 5.13. The molecule has 1 unspecified atom stereocenters. The normalized spacial score (nSPS) is 15.7. The molecule has 3 aromatic carbocycles. The van der Waals surface area contributed by atoms with Crippen LogP contribution in [0, 0.1) is 0 Å². The molecular formula is C25H21N3O2. The number of rotatable bonds is 3. The summed E-state index contributed by atoms with van der Waals surface area (Å²) in [6.45, 7) is 1.00. The lowest BCUT2D eigenvalue weighted by molar-refractivity contribution is 0.0677. The smallest absolute Gasteiger partial charge is 0.254 e. The zero-order chi connectivity index (χ0) is 20.3. The highest BCUT2D eigenvalue weighted by Crippen LogP contribution is 2.31. The number of hydrogen-bond donors (Lipinski definition) is 0. The third kappa shape index (κ3) is 3.57. The molecule has 5 rings (SSSR count). The number of fused-ring (bicyclic) bond motifs is 1. The Morgan fingerprint density at radius 2 is 1.70 bits per heavy atom. The summed E-state index contributed by atoms with van der Waals surface area (Å²) in [5.41, 5.74) is 3.70. The molecule has 2 heterocycles. The first kappa shape index (κ1) is 18.2. The van der Waals surface area contributed by atoms with Crippen LogP contribution in [0.2, 0.25) is 0 Å². The maximum atomic E-state index is 13.4. The third-order valence-corrected chi connectivity index (χ3v) is 5.36. The predicted molar refractivity (Wildman–Crippen MR) is 115 cm³/mol. The molecule has 0 radical (unpaired) electrons. The fourth-order valence-corrected chi connectivity index (χ4v) is 3.78. The van der Waals surface area contributed by atoms with Crippen molar-refractivity contribution in [3.8, 4) is 11.4 Å². The van der Waals surface area contributed by atoms with Gasteiger partial charge in [-0.15, -0.1) is 0 Å². The van der Waals surface area contributed by atoms with E-state index in [4.69, 9.17) is 4.74 Å². The van der Waals surface area contributed by atoms with Crippen molar-refractivity contribution in [3.63, 3.8) is 0 Å². The molecule has 0 saturated heterocycles. The van der Waals surface area contributed by atoms with Crippen LogP contribution < -0.4 is 4.74 Å². The average Bonchev–Trinajstić information content (AvgIpc) is 3.27. The molecule has 0 spiro atoms. The zero-order valence-electron chi connectivity index (χ0n) is 16.4. The Morgan fingerprint density at radius 1 is 0.933 bits per heavy atom. The van der Waals surface area contributed by atoms with Crippen LogP contribution in [0.1, 0.15) is 27.6 Å². The number of carbonyl (C=O) groups excluding carboxylic acids is 1. The van der Waals surface area contributed by atoms with E-state index in [2.05, 4.69) is 4.98 Å². The molecule has 5 nitrogen and oxygen atoms in total. The minimum absolute atomic E-state index is 0.00610. The van der Waals surface area contributed by atoms with Crippen LogP contribution in [0.5, 0.6) is 5.75 Å². The number of imidazole rings is 1. The Morgan fingerprint density at radius 3 is 2.47 bits per heavy atom. The minimum atomic E-state index is -0.218.